The molecule has 0 aliphatic rings. The highest BCUT2D eigenvalue weighted by atomic mass is 32.1. The summed E-state index contributed by atoms with van der Waals surface area (Å²) in [6, 6.07) is 7.78. The summed E-state index contributed by atoms with van der Waals surface area (Å²) in [5, 5.41) is 6.45. The zero-order chi connectivity index (χ0) is 13.2. The van der Waals surface area contributed by atoms with E-state index in [1.54, 1.807) is 11.3 Å². The number of hydrogen-bond acceptors (Lipinski definition) is 4. The number of rotatable bonds is 4. The van der Waals surface area contributed by atoms with Gasteiger partial charge < -0.3 is 11.1 Å². The molecule has 1 aromatic heterocycles. The molecule has 3 nitrogen and oxygen atoms in total. The number of nitrogens with zero attached hydrogens (tertiary/aromatic N) is 1. The van der Waals surface area contributed by atoms with Gasteiger partial charge in [0.25, 0.3) is 0 Å². The first-order chi connectivity index (χ1) is 8.50. The van der Waals surface area contributed by atoms with Crippen molar-refractivity contribution in [1.82, 2.24) is 4.98 Å². The van der Waals surface area contributed by atoms with Crippen LogP contribution in [0.1, 0.15) is 24.4 Å². The van der Waals surface area contributed by atoms with Gasteiger partial charge in [0.05, 0.1) is 5.54 Å². The Bertz CT molecular complexity index is 547. The van der Waals surface area contributed by atoms with Gasteiger partial charge in [-0.1, -0.05) is 24.4 Å². The van der Waals surface area contributed by atoms with Gasteiger partial charge in [0.15, 0.2) is 0 Å². The second kappa shape index (κ2) is 5.04. The van der Waals surface area contributed by atoms with Crippen LogP contribution in [-0.2, 0) is 5.54 Å². The smallest absolute Gasteiger partial charge is 0.117 e. The molecular weight excluding hydrogens is 262 g/mol. The van der Waals surface area contributed by atoms with Crippen LogP contribution in [0.15, 0.2) is 35.8 Å². The summed E-state index contributed by atoms with van der Waals surface area (Å²) in [7, 11) is 0. The number of nitrogens with two attached hydrogens (primary N) is 1. The highest BCUT2D eigenvalue weighted by molar-refractivity contribution is 7.80. The third kappa shape index (κ3) is 2.68. The molecule has 0 saturated heterocycles. The van der Waals surface area contributed by atoms with Crippen molar-refractivity contribution >= 4 is 34.2 Å². The molecule has 0 spiro atoms. The molecule has 0 radical (unpaired) electrons. The van der Waals surface area contributed by atoms with Crippen LogP contribution in [0.3, 0.4) is 0 Å². The lowest BCUT2D eigenvalue weighted by atomic mass is 10.0. The Morgan fingerprint density at radius 2 is 2.11 bits per heavy atom. The molecule has 5 heteroatoms. The predicted octanol–water partition coefficient (Wildman–Crippen LogP) is 3.12. The quantitative estimate of drug-likeness (QED) is 0.843. The molecule has 1 aromatic carbocycles. The number of thiazole rings is 1. The minimum absolute atomic E-state index is 0.255. The van der Waals surface area contributed by atoms with Gasteiger partial charge in [-0.2, -0.15) is 0 Å². The SMILES string of the molecule is CC(C)(Nc1ccccc1C(N)=S)c1nccs1. The summed E-state index contributed by atoms with van der Waals surface area (Å²) in [4.78, 5) is 4.75. The molecule has 18 heavy (non-hydrogen) atoms. The summed E-state index contributed by atoms with van der Waals surface area (Å²) in [6.45, 7) is 4.17. The zero-order valence-corrected chi connectivity index (χ0v) is 11.9. The highest BCUT2D eigenvalue weighted by Crippen LogP contribution is 2.28. The van der Waals surface area contributed by atoms with Gasteiger partial charge in [0.2, 0.25) is 0 Å². The molecule has 0 saturated carbocycles. The Kier molecular flexibility index (Phi) is 3.63. The van der Waals surface area contributed by atoms with E-state index in [1.807, 2.05) is 35.8 Å². The topological polar surface area (TPSA) is 50.9 Å². The van der Waals surface area contributed by atoms with E-state index in [0.29, 0.717) is 4.99 Å². The van der Waals surface area contributed by atoms with Crippen molar-refractivity contribution in [3.63, 3.8) is 0 Å². The maximum atomic E-state index is 5.73. The van der Waals surface area contributed by atoms with E-state index in [1.165, 1.54) is 0 Å². The van der Waals surface area contributed by atoms with E-state index in [4.69, 9.17) is 18.0 Å². The average molecular weight is 277 g/mol. The van der Waals surface area contributed by atoms with E-state index >= 15 is 0 Å². The molecule has 0 fully saturated rings. The fourth-order valence-electron chi connectivity index (χ4n) is 1.73. The first kappa shape index (κ1) is 13.0. The summed E-state index contributed by atoms with van der Waals surface area (Å²) < 4.78 is 0. The number of nitrogens with one attached hydrogen (secondary N) is 1. The first-order valence-electron chi connectivity index (χ1n) is 5.58. The van der Waals surface area contributed by atoms with Gasteiger partial charge >= 0.3 is 0 Å². The van der Waals surface area contributed by atoms with Crippen molar-refractivity contribution in [2.24, 2.45) is 5.73 Å². The fraction of sp³-hybridized carbons (Fsp3) is 0.231. The monoisotopic (exact) mass is 277 g/mol. The molecule has 0 aliphatic carbocycles. The van der Waals surface area contributed by atoms with Gasteiger partial charge in [-0.3, -0.25) is 0 Å². The number of thiocarbonyl (C=S) groups is 1. The minimum Gasteiger partial charge on any atom is -0.389 e. The van der Waals surface area contributed by atoms with E-state index < -0.39 is 0 Å². The number of anilines is 1. The van der Waals surface area contributed by atoms with Crippen LogP contribution in [-0.4, -0.2) is 9.97 Å². The van der Waals surface area contributed by atoms with Gasteiger partial charge in [-0.25, -0.2) is 4.98 Å². The fourth-order valence-corrected chi connectivity index (χ4v) is 2.63. The van der Waals surface area contributed by atoms with Gasteiger partial charge in [-0.15, -0.1) is 11.3 Å². The van der Waals surface area contributed by atoms with Crippen LogP contribution >= 0.6 is 23.6 Å². The van der Waals surface area contributed by atoms with Crippen LogP contribution < -0.4 is 11.1 Å². The summed E-state index contributed by atoms with van der Waals surface area (Å²) in [5.41, 5.74) is 7.27. The van der Waals surface area contributed by atoms with Gasteiger partial charge in [0, 0.05) is 22.8 Å². The average Bonchev–Trinajstić information content (AvgIpc) is 2.83. The van der Waals surface area contributed by atoms with Crippen LogP contribution in [0, 0.1) is 0 Å². The third-order valence-electron chi connectivity index (χ3n) is 2.61. The molecule has 0 aliphatic heterocycles. The van der Waals surface area contributed by atoms with Gasteiger partial charge in [0.1, 0.15) is 10.00 Å². The second-order valence-corrected chi connectivity index (χ2v) is 5.83. The van der Waals surface area contributed by atoms with Crippen LogP contribution in [0.4, 0.5) is 5.69 Å². The Morgan fingerprint density at radius 3 is 2.72 bits per heavy atom. The van der Waals surface area contributed by atoms with Crippen LogP contribution in [0.2, 0.25) is 0 Å². The standard InChI is InChI=1S/C13H15N3S2/c1-13(2,12-15-7-8-18-12)16-10-6-4-3-5-9(10)11(14)17/h3-8,16H,1-2H3,(H2,14,17). The first-order valence-corrected chi connectivity index (χ1v) is 6.86. The lowest BCUT2D eigenvalue weighted by Gasteiger charge is -2.26. The van der Waals surface area contributed by atoms with Crippen LogP contribution in [0.25, 0.3) is 0 Å². The molecule has 0 bridgehead atoms. The Morgan fingerprint density at radius 1 is 1.39 bits per heavy atom. The number of para-hydroxylation sites is 1. The van der Waals surface area contributed by atoms with Gasteiger partial charge in [-0.05, 0) is 26.0 Å². The normalized spacial score (nSPS) is 11.2. The summed E-state index contributed by atoms with van der Waals surface area (Å²) >= 11 is 6.69. The van der Waals surface area contributed by atoms with E-state index in [2.05, 4.69) is 24.1 Å². The largest absolute Gasteiger partial charge is 0.389 e. The molecule has 0 atom stereocenters. The van der Waals surface area contributed by atoms with Crippen molar-refractivity contribution in [2.75, 3.05) is 5.32 Å². The van der Waals surface area contributed by atoms with E-state index in [-0.39, 0.29) is 5.54 Å². The Labute approximate surface area is 116 Å². The Hall–Kier alpha value is -1.46. The molecule has 0 amide bonds. The van der Waals surface area contributed by atoms with Crippen molar-refractivity contribution in [3.8, 4) is 0 Å². The molecule has 3 N–H and O–H groups in total. The highest BCUT2D eigenvalue weighted by Gasteiger charge is 2.24. The second-order valence-electron chi connectivity index (χ2n) is 4.50. The van der Waals surface area contributed by atoms with Crippen molar-refractivity contribution in [2.45, 2.75) is 19.4 Å². The maximum absolute atomic E-state index is 5.73. The van der Waals surface area contributed by atoms with Crippen molar-refractivity contribution in [1.29, 1.82) is 0 Å². The van der Waals surface area contributed by atoms with E-state index in [0.717, 1.165) is 16.3 Å². The molecule has 94 valence electrons. The molecular formula is C13H15N3S2. The number of hydrogen-bond donors (Lipinski definition) is 2. The van der Waals surface area contributed by atoms with E-state index in [9.17, 15) is 0 Å². The molecule has 0 unspecified atom stereocenters. The predicted molar refractivity (Wildman–Crippen MR) is 81.1 cm³/mol. The lowest BCUT2D eigenvalue weighted by molar-refractivity contribution is 0.604. The summed E-state index contributed by atoms with van der Waals surface area (Å²) in [5.74, 6) is 0. The molecule has 1 heterocycles. The van der Waals surface area contributed by atoms with Crippen molar-refractivity contribution < 1.29 is 0 Å². The van der Waals surface area contributed by atoms with Crippen LogP contribution in [0.5, 0.6) is 0 Å². The Balaban J connectivity index is 2.32. The minimum atomic E-state index is -0.255. The lowest BCUT2D eigenvalue weighted by Crippen LogP contribution is -2.29. The third-order valence-corrected chi connectivity index (χ3v) is 3.92. The summed E-state index contributed by atoms with van der Waals surface area (Å²) in [6.07, 6.45) is 1.81. The zero-order valence-electron chi connectivity index (χ0n) is 10.3. The molecule has 2 rings (SSSR count). The maximum Gasteiger partial charge on any atom is 0.117 e. The molecule has 2 aromatic rings. The number of benzene rings is 1. The van der Waals surface area contributed by atoms with Crippen molar-refractivity contribution in [3.05, 3.63) is 46.4 Å². The number of aromatic nitrogens is 1.